The van der Waals surface area contributed by atoms with Crippen LogP contribution in [0.3, 0.4) is 0 Å². The maximum atomic E-state index is 9.14. The fraction of sp³-hybridized carbons (Fsp3) is 0.143. The Kier molecular flexibility index (Phi) is 14.4. The second kappa shape index (κ2) is 19.1. The van der Waals surface area contributed by atoms with Gasteiger partial charge in [0.05, 0.1) is 62.4 Å². The van der Waals surface area contributed by atoms with E-state index in [1.807, 2.05) is 52.0 Å². The van der Waals surface area contributed by atoms with Crippen LogP contribution >= 0.6 is 39.9 Å². The number of benzene rings is 4. The Hall–Kier alpha value is -6.59. The van der Waals surface area contributed by atoms with Gasteiger partial charge in [0.25, 0.3) is 0 Å². The van der Waals surface area contributed by atoms with Crippen LogP contribution in [0.5, 0.6) is 0 Å². The lowest BCUT2D eigenvalue weighted by Crippen LogP contribution is -2.07. The van der Waals surface area contributed by atoms with Gasteiger partial charge in [-0.2, -0.15) is 31.0 Å². The number of nitriles is 4. The van der Waals surface area contributed by atoms with Gasteiger partial charge in [-0.15, -0.1) is 24.0 Å². The number of aromatic nitrogens is 4. The molecule has 12 nitrogen and oxygen atoms in total. The van der Waals surface area contributed by atoms with Crippen LogP contribution in [0, 0.1) is 73.0 Å². The number of anilines is 6. The molecule has 278 valence electrons. The van der Waals surface area contributed by atoms with Crippen molar-refractivity contribution in [3.63, 3.8) is 0 Å². The van der Waals surface area contributed by atoms with Gasteiger partial charge in [-0.3, -0.25) is 0 Å². The summed E-state index contributed by atoms with van der Waals surface area (Å²) in [6.07, 6.45) is 1.15. The summed E-state index contributed by atoms with van der Waals surface area (Å²) in [5.41, 5.74) is 23.9. The van der Waals surface area contributed by atoms with Gasteiger partial charge in [0.15, 0.2) is 0 Å². The molecule has 0 saturated carbocycles. The molecule has 2 aromatic heterocycles. The maximum Gasteiger partial charge on any atom is 0.229 e. The Bertz CT molecular complexity index is 2520. The van der Waals surface area contributed by atoms with Crippen LogP contribution in [0.1, 0.15) is 67.0 Å². The third-order valence-corrected chi connectivity index (χ3v) is 9.50. The normalized spacial score (nSPS) is 9.95. The average Bonchev–Trinajstić information content (AvgIpc) is 3.16. The molecule has 6 N–H and O–H groups in total. The first-order chi connectivity index (χ1) is 26.4. The molecule has 0 radical (unpaired) electrons. The lowest BCUT2D eigenvalue weighted by atomic mass is 9.96. The molecule has 6 rings (SSSR count). The van der Waals surface area contributed by atoms with Crippen molar-refractivity contribution in [3.8, 4) is 24.3 Å². The number of nitrogens with one attached hydrogen (secondary N) is 2. The van der Waals surface area contributed by atoms with E-state index in [0.29, 0.717) is 63.1 Å². The Morgan fingerprint density at radius 3 is 1.39 bits per heavy atom. The molecule has 0 atom stereocenters. The van der Waals surface area contributed by atoms with Crippen LogP contribution in [-0.2, 0) is 12.8 Å². The van der Waals surface area contributed by atoms with Crippen LogP contribution in [-0.4, -0.2) is 19.9 Å². The van der Waals surface area contributed by atoms with Crippen LogP contribution in [0.25, 0.3) is 0 Å². The van der Waals surface area contributed by atoms with Crippen molar-refractivity contribution in [2.75, 3.05) is 22.1 Å². The standard InChI is InChI=1S/C21H17BrN6.C21H18N6.HI/c1-12-7-15(11-24)8-13(2)17(12)9-18-19(22)20(25)28-21(27-18)26-16-5-3-14(10-23)4-6-16;1-13-7-16(12-23)8-14(2)19(13)9-18-10-20(24)27-21(26-18)25-17-5-3-15(11-22)4-6-17;/h3-8H,9H2,1-2H3,(H3,25,26,27,28);3-8,10H,9H2,1-2H3,(H3,24,25,26,27);1H. The Balaban J connectivity index is 0.000000244. The number of nitrogen functional groups attached to an aromatic ring is 2. The lowest BCUT2D eigenvalue weighted by Gasteiger charge is -2.14. The molecule has 0 aliphatic heterocycles. The third-order valence-electron chi connectivity index (χ3n) is 8.64. The van der Waals surface area contributed by atoms with Crippen LogP contribution in [0.4, 0.5) is 34.9 Å². The first-order valence-corrected chi connectivity index (χ1v) is 17.7. The van der Waals surface area contributed by atoms with E-state index in [1.54, 1.807) is 54.6 Å². The van der Waals surface area contributed by atoms with E-state index in [-0.39, 0.29) is 24.0 Å². The zero-order valence-electron chi connectivity index (χ0n) is 30.9. The van der Waals surface area contributed by atoms with Crippen molar-refractivity contribution in [1.82, 2.24) is 19.9 Å². The molecule has 0 aliphatic rings. The topological polar surface area (TPSA) is 223 Å². The summed E-state index contributed by atoms with van der Waals surface area (Å²) in [5, 5.41) is 42.3. The number of nitrogens with zero attached hydrogens (tertiary/aromatic N) is 8. The van der Waals surface area contributed by atoms with Gasteiger partial charge in [-0.05, 0) is 150 Å². The largest absolute Gasteiger partial charge is 0.384 e. The summed E-state index contributed by atoms with van der Waals surface area (Å²) in [7, 11) is 0. The molecule has 2 heterocycles. The zero-order chi connectivity index (χ0) is 39.6. The van der Waals surface area contributed by atoms with Gasteiger partial charge in [0.2, 0.25) is 11.9 Å². The first kappa shape index (κ1) is 42.2. The van der Waals surface area contributed by atoms with E-state index >= 15 is 0 Å². The zero-order valence-corrected chi connectivity index (χ0v) is 34.9. The molecule has 0 unspecified atom stereocenters. The van der Waals surface area contributed by atoms with Crippen LogP contribution < -0.4 is 22.1 Å². The number of nitrogens with two attached hydrogens (primary N) is 2. The summed E-state index contributed by atoms with van der Waals surface area (Å²) in [6, 6.07) is 31.8. The average molecular weight is 916 g/mol. The van der Waals surface area contributed by atoms with Crippen molar-refractivity contribution >= 4 is 74.8 Å². The molecule has 56 heavy (non-hydrogen) atoms. The third kappa shape index (κ3) is 10.8. The quantitative estimate of drug-likeness (QED) is 0.105. The van der Waals surface area contributed by atoms with Gasteiger partial charge in [-0.1, -0.05) is 0 Å². The molecular weight excluding hydrogens is 879 g/mol. The van der Waals surface area contributed by atoms with Gasteiger partial charge >= 0.3 is 0 Å². The van der Waals surface area contributed by atoms with E-state index in [2.05, 4.69) is 70.8 Å². The Morgan fingerprint density at radius 1 is 0.554 bits per heavy atom. The van der Waals surface area contributed by atoms with E-state index in [1.165, 1.54) is 0 Å². The molecule has 0 saturated heterocycles. The highest BCUT2D eigenvalue weighted by atomic mass is 127. The molecule has 14 heteroatoms. The minimum atomic E-state index is 0. The maximum absolute atomic E-state index is 9.14. The number of hydrogen-bond acceptors (Lipinski definition) is 12. The lowest BCUT2D eigenvalue weighted by molar-refractivity contribution is 1.00. The fourth-order valence-electron chi connectivity index (χ4n) is 5.89. The second-order valence-electron chi connectivity index (χ2n) is 12.7. The second-order valence-corrected chi connectivity index (χ2v) is 13.5. The highest BCUT2D eigenvalue weighted by Gasteiger charge is 2.15. The Labute approximate surface area is 351 Å². The van der Waals surface area contributed by atoms with Gasteiger partial charge in [0, 0.05) is 30.3 Å². The minimum Gasteiger partial charge on any atom is -0.384 e. The molecule has 0 fully saturated rings. The molecule has 0 amide bonds. The summed E-state index contributed by atoms with van der Waals surface area (Å²) >= 11 is 3.49. The van der Waals surface area contributed by atoms with Crippen LogP contribution in [0.15, 0.2) is 83.3 Å². The monoisotopic (exact) mass is 914 g/mol. The molecule has 0 bridgehead atoms. The number of rotatable bonds is 8. The van der Waals surface area contributed by atoms with Crippen molar-refractivity contribution in [2.24, 2.45) is 0 Å². The highest BCUT2D eigenvalue weighted by molar-refractivity contribution is 14.0. The molecular formula is C42H36BrIN12. The SMILES string of the molecule is Cc1cc(C#N)cc(C)c1Cc1cc(N)nc(Nc2ccc(C#N)cc2)n1.Cc1cc(C#N)cc(C)c1Cc1nc(Nc2ccc(C#N)cc2)nc(N)c1Br.I. The number of halogens is 2. The predicted molar refractivity (Wildman–Crippen MR) is 232 cm³/mol. The minimum absolute atomic E-state index is 0. The van der Waals surface area contributed by atoms with Crippen LogP contribution in [0.2, 0.25) is 0 Å². The van der Waals surface area contributed by atoms with Gasteiger partial charge < -0.3 is 22.1 Å². The highest BCUT2D eigenvalue weighted by Crippen LogP contribution is 2.29. The fourth-order valence-corrected chi connectivity index (χ4v) is 6.21. The smallest absolute Gasteiger partial charge is 0.229 e. The number of aryl methyl sites for hydroxylation is 4. The number of hydrogen-bond donors (Lipinski definition) is 4. The first-order valence-electron chi connectivity index (χ1n) is 16.9. The molecule has 6 aromatic rings. The molecule has 4 aromatic carbocycles. The van der Waals surface area contributed by atoms with Gasteiger partial charge in [-0.25, -0.2) is 9.97 Å². The molecule has 0 aliphatic carbocycles. The van der Waals surface area contributed by atoms with E-state index in [9.17, 15) is 0 Å². The van der Waals surface area contributed by atoms with Crippen molar-refractivity contribution in [3.05, 3.63) is 150 Å². The Morgan fingerprint density at radius 2 is 0.964 bits per heavy atom. The predicted octanol–water partition coefficient (Wildman–Crippen LogP) is 8.89. The summed E-state index contributed by atoms with van der Waals surface area (Å²) in [6.45, 7) is 7.95. The van der Waals surface area contributed by atoms with Crippen molar-refractivity contribution in [2.45, 2.75) is 40.5 Å². The van der Waals surface area contributed by atoms with Crippen molar-refractivity contribution in [1.29, 1.82) is 21.0 Å². The van der Waals surface area contributed by atoms with E-state index in [4.69, 9.17) is 32.5 Å². The van der Waals surface area contributed by atoms with E-state index in [0.717, 1.165) is 56.1 Å². The summed E-state index contributed by atoms with van der Waals surface area (Å²) in [4.78, 5) is 17.7. The summed E-state index contributed by atoms with van der Waals surface area (Å²) in [5.74, 6) is 1.49. The summed E-state index contributed by atoms with van der Waals surface area (Å²) < 4.78 is 0.654. The van der Waals surface area contributed by atoms with Crippen molar-refractivity contribution < 1.29 is 0 Å². The van der Waals surface area contributed by atoms with E-state index < -0.39 is 0 Å². The molecule has 0 spiro atoms. The van der Waals surface area contributed by atoms with Gasteiger partial charge in [0.1, 0.15) is 11.6 Å².